The molecule has 78 valence electrons. The van der Waals surface area contributed by atoms with Crippen LogP contribution in [0.2, 0.25) is 0 Å². The number of nitrogens with two attached hydrogens (primary N) is 2. The van der Waals surface area contributed by atoms with E-state index in [2.05, 4.69) is 0 Å². The molecule has 0 saturated carbocycles. The molecule has 0 saturated heterocycles. The third-order valence-electron chi connectivity index (χ3n) is 1.58. The van der Waals surface area contributed by atoms with Gasteiger partial charge in [0.1, 0.15) is 5.82 Å². The largest absolute Gasteiger partial charge is 0.326 e. The minimum atomic E-state index is -3.90. The lowest BCUT2D eigenvalue weighted by Gasteiger charge is -2.08. The summed E-state index contributed by atoms with van der Waals surface area (Å²) in [5, 5.41) is 4.74. The predicted octanol–water partition coefficient (Wildman–Crippen LogP) is -0.100. The third-order valence-corrected chi connectivity index (χ3v) is 2.08. The second-order valence-electron chi connectivity index (χ2n) is 2.62. The Labute approximate surface area is 81.1 Å². The van der Waals surface area contributed by atoms with Crippen molar-refractivity contribution in [3.8, 4) is 0 Å². The van der Waals surface area contributed by atoms with Gasteiger partial charge in [-0.1, -0.05) is 6.07 Å². The molecule has 0 aliphatic heterocycles. The maximum atomic E-state index is 13.1. The van der Waals surface area contributed by atoms with E-state index in [9.17, 15) is 12.8 Å². The Kier molecular flexibility index (Phi) is 3.04. The molecule has 0 heterocycles. The Morgan fingerprint density at radius 3 is 2.57 bits per heavy atom. The van der Waals surface area contributed by atoms with E-state index in [1.54, 1.807) is 0 Å². The lowest BCUT2D eigenvalue weighted by Crippen LogP contribution is -2.23. The van der Waals surface area contributed by atoms with E-state index in [0.29, 0.717) is 0 Å². The normalized spacial score (nSPS) is 11.4. The van der Waals surface area contributed by atoms with Gasteiger partial charge in [0.2, 0.25) is 0 Å². The fourth-order valence-corrected chi connectivity index (χ4v) is 1.51. The summed E-state index contributed by atoms with van der Waals surface area (Å²) in [5.41, 5.74) is 5.40. The number of hydrogen-bond donors (Lipinski definition) is 3. The smallest absolute Gasteiger partial charge is 0.296 e. The topological polar surface area (TPSA) is 98.2 Å². The molecule has 0 atom stereocenters. The standard InChI is InChI=1S/C7H10FN3O2S/c8-6-2-1-3-7(5(6)4-9)11-14(10,12)13/h1-3,11H,4,9H2,(H2,10,12,13). The number of rotatable bonds is 3. The molecule has 0 aliphatic rings. The van der Waals surface area contributed by atoms with Crippen molar-refractivity contribution in [1.29, 1.82) is 0 Å². The fourth-order valence-electron chi connectivity index (χ4n) is 1.01. The van der Waals surface area contributed by atoms with Crippen LogP contribution in [0.5, 0.6) is 0 Å². The van der Waals surface area contributed by atoms with Crippen molar-refractivity contribution in [2.75, 3.05) is 4.72 Å². The van der Waals surface area contributed by atoms with Crippen LogP contribution >= 0.6 is 0 Å². The molecule has 5 N–H and O–H groups in total. The van der Waals surface area contributed by atoms with Gasteiger partial charge in [0.05, 0.1) is 5.69 Å². The maximum absolute atomic E-state index is 13.1. The minimum absolute atomic E-state index is 0.0648. The molecule has 0 aromatic heterocycles. The van der Waals surface area contributed by atoms with E-state index in [0.717, 1.165) is 0 Å². The van der Waals surface area contributed by atoms with Crippen LogP contribution in [0.15, 0.2) is 18.2 Å². The fraction of sp³-hybridized carbons (Fsp3) is 0.143. The number of nitrogens with one attached hydrogen (secondary N) is 1. The van der Waals surface area contributed by atoms with Crippen LogP contribution < -0.4 is 15.6 Å². The molecular weight excluding hydrogens is 209 g/mol. The van der Waals surface area contributed by atoms with Crippen LogP contribution in [0.4, 0.5) is 10.1 Å². The van der Waals surface area contributed by atoms with Gasteiger partial charge in [-0.2, -0.15) is 8.42 Å². The minimum Gasteiger partial charge on any atom is -0.326 e. The second-order valence-corrected chi connectivity index (χ2v) is 3.91. The van der Waals surface area contributed by atoms with Crippen molar-refractivity contribution < 1.29 is 12.8 Å². The molecule has 0 amide bonds. The van der Waals surface area contributed by atoms with Crippen LogP contribution in [0, 0.1) is 5.82 Å². The summed E-state index contributed by atoms with van der Waals surface area (Å²) in [7, 11) is -3.90. The third kappa shape index (κ3) is 2.66. The zero-order valence-corrected chi connectivity index (χ0v) is 8.01. The van der Waals surface area contributed by atoms with Gasteiger partial charge in [-0.15, -0.1) is 0 Å². The number of hydrogen-bond acceptors (Lipinski definition) is 3. The van der Waals surface area contributed by atoms with E-state index in [-0.39, 0.29) is 17.8 Å². The van der Waals surface area contributed by atoms with Crippen LogP contribution in [0.1, 0.15) is 5.56 Å². The van der Waals surface area contributed by atoms with Crippen molar-refractivity contribution in [3.05, 3.63) is 29.6 Å². The van der Waals surface area contributed by atoms with Gasteiger partial charge in [0.15, 0.2) is 0 Å². The summed E-state index contributed by atoms with van der Waals surface area (Å²) < 4.78 is 36.4. The predicted molar refractivity (Wildman–Crippen MR) is 51.0 cm³/mol. The molecule has 0 unspecified atom stereocenters. The van der Waals surface area contributed by atoms with Crippen LogP contribution in [-0.4, -0.2) is 8.42 Å². The summed E-state index contributed by atoms with van der Waals surface area (Å²) in [6.07, 6.45) is 0. The molecule has 0 bridgehead atoms. The van der Waals surface area contributed by atoms with Crippen LogP contribution in [0.25, 0.3) is 0 Å². The van der Waals surface area contributed by atoms with Gasteiger partial charge in [-0.05, 0) is 12.1 Å². The Morgan fingerprint density at radius 1 is 1.43 bits per heavy atom. The van der Waals surface area contributed by atoms with Gasteiger partial charge in [0, 0.05) is 12.1 Å². The maximum Gasteiger partial charge on any atom is 0.296 e. The molecule has 7 heteroatoms. The van der Waals surface area contributed by atoms with Gasteiger partial charge < -0.3 is 5.73 Å². The summed E-state index contributed by atoms with van der Waals surface area (Å²) in [5.74, 6) is -0.568. The van der Waals surface area contributed by atoms with Crippen molar-refractivity contribution >= 4 is 15.9 Å². The average molecular weight is 219 g/mol. The van der Waals surface area contributed by atoms with E-state index >= 15 is 0 Å². The summed E-state index contributed by atoms with van der Waals surface area (Å²) in [6.45, 7) is -0.107. The Bertz CT molecular complexity index is 433. The van der Waals surface area contributed by atoms with Gasteiger partial charge in [0.25, 0.3) is 10.2 Å². The average Bonchev–Trinajstić information content (AvgIpc) is 2.01. The number of benzene rings is 1. The van der Waals surface area contributed by atoms with Crippen LogP contribution in [-0.2, 0) is 16.8 Å². The van der Waals surface area contributed by atoms with Crippen molar-refractivity contribution in [2.45, 2.75) is 6.54 Å². The number of anilines is 1. The van der Waals surface area contributed by atoms with Crippen molar-refractivity contribution in [1.82, 2.24) is 0 Å². The first-order chi connectivity index (χ1) is 6.44. The Balaban J connectivity index is 3.15. The quantitative estimate of drug-likeness (QED) is 0.662. The van der Waals surface area contributed by atoms with E-state index in [1.165, 1.54) is 18.2 Å². The lowest BCUT2D eigenvalue weighted by molar-refractivity contribution is 0.602. The first-order valence-electron chi connectivity index (χ1n) is 3.72. The molecule has 1 aromatic rings. The van der Waals surface area contributed by atoms with Crippen molar-refractivity contribution in [3.63, 3.8) is 0 Å². The van der Waals surface area contributed by atoms with E-state index in [1.807, 2.05) is 4.72 Å². The molecule has 5 nitrogen and oxygen atoms in total. The SMILES string of the molecule is NCc1c(F)cccc1NS(N)(=O)=O. The van der Waals surface area contributed by atoms with E-state index in [4.69, 9.17) is 10.9 Å². The molecule has 0 aliphatic carbocycles. The summed E-state index contributed by atoms with van der Waals surface area (Å²) in [6, 6.07) is 3.94. The lowest BCUT2D eigenvalue weighted by atomic mass is 10.2. The highest BCUT2D eigenvalue weighted by Gasteiger charge is 2.09. The molecule has 0 fully saturated rings. The highest BCUT2D eigenvalue weighted by molar-refractivity contribution is 7.90. The zero-order chi connectivity index (χ0) is 10.8. The monoisotopic (exact) mass is 219 g/mol. The number of halogens is 1. The van der Waals surface area contributed by atoms with Gasteiger partial charge in [-0.25, -0.2) is 9.53 Å². The Morgan fingerprint density at radius 2 is 2.07 bits per heavy atom. The summed E-state index contributed by atoms with van der Waals surface area (Å²) in [4.78, 5) is 0. The van der Waals surface area contributed by atoms with Crippen molar-refractivity contribution in [2.24, 2.45) is 10.9 Å². The highest BCUT2D eigenvalue weighted by Crippen LogP contribution is 2.18. The first-order valence-corrected chi connectivity index (χ1v) is 5.26. The highest BCUT2D eigenvalue weighted by atomic mass is 32.2. The molecule has 0 spiro atoms. The molecule has 1 aromatic carbocycles. The molecule has 14 heavy (non-hydrogen) atoms. The molecular formula is C7H10FN3O2S. The first kappa shape index (κ1) is 10.9. The van der Waals surface area contributed by atoms with Gasteiger partial charge >= 0.3 is 0 Å². The van der Waals surface area contributed by atoms with Crippen LogP contribution in [0.3, 0.4) is 0 Å². The molecule has 0 radical (unpaired) electrons. The van der Waals surface area contributed by atoms with E-state index < -0.39 is 16.0 Å². The Hall–Kier alpha value is -1.18. The summed E-state index contributed by atoms with van der Waals surface area (Å²) >= 11 is 0. The zero-order valence-electron chi connectivity index (χ0n) is 7.20. The molecule has 1 rings (SSSR count). The second kappa shape index (κ2) is 3.91. The van der Waals surface area contributed by atoms with Gasteiger partial charge in [-0.3, -0.25) is 4.72 Å².